The lowest BCUT2D eigenvalue weighted by Gasteiger charge is -2.25. The van der Waals surface area contributed by atoms with Crippen molar-refractivity contribution in [2.75, 3.05) is 12.3 Å². The molecule has 1 saturated heterocycles. The second-order valence-corrected chi connectivity index (χ2v) is 6.55. The van der Waals surface area contributed by atoms with Gasteiger partial charge in [0, 0.05) is 11.8 Å². The van der Waals surface area contributed by atoms with E-state index in [-0.39, 0.29) is 10.9 Å². The first-order chi connectivity index (χ1) is 9.54. The van der Waals surface area contributed by atoms with Crippen molar-refractivity contribution >= 4 is 40.2 Å². The number of nitrogens with one attached hydrogen (secondary N) is 1. The van der Waals surface area contributed by atoms with Gasteiger partial charge in [0.25, 0.3) is 0 Å². The first-order valence-electron chi connectivity index (χ1n) is 6.22. The number of thioether (sulfide) groups is 1. The highest BCUT2D eigenvalue weighted by Gasteiger charge is 2.45. The summed E-state index contributed by atoms with van der Waals surface area (Å²) in [6.45, 7) is 2.08. The highest BCUT2D eigenvalue weighted by molar-refractivity contribution is 8.14. The highest BCUT2D eigenvalue weighted by Crippen LogP contribution is 2.35. The standard InChI is InChI=1S/C13H15NO4S2/c1-9(15)20-8-11(16)18-12(17)13(5-3-6-14-13)10-4-2-7-19-10/h2,4,7,14H,3,5-6,8H2,1H3/t13-/m1/s1. The van der Waals surface area contributed by atoms with E-state index < -0.39 is 17.5 Å². The largest absolute Gasteiger partial charge is 0.391 e. The second-order valence-electron chi connectivity index (χ2n) is 4.45. The fraction of sp³-hybridized carbons (Fsp3) is 0.462. The van der Waals surface area contributed by atoms with E-state index in [0.29, 0.717) is 13.0 Å². The number of carbonyl (C=O) groups is 3. The van der Waals surface area contributed by atoms with E-state index in [4.69, 9.17) is 4.74 Å². The normalized spacial score (nSPS) is 21.6. The highest BCUT2D eigenvalue weighted by atomic mass is 32.2. The fourth-order valence-electron chi connectivity index (χ4n) is 2.13. The van der Waals surface area contributed by atoms with Crippen LogP contribution in [0.4, 0.5) is 0 Å². The molecule has 1 N–H and O–H groups in total. The summed E-state index contributed by atoms with van der Waals surface area (Å²) in [5.41, 5.74) is -0.912. The summed E-state index contributed by atoms with van der Waals surface area (Å²) < 4.78 is 4.91. The Morgan fingerprint density at radius 1 is 1.50 bits per heavy atom. The minimum Gasteiger partial charge on any atom is -0.391 e. The van der Waals surface area contributed by atoms with Gasteiger partial charge in [0.1, 0.15) is 0 Å². The van der Waals surface area contributed by atoms with Gasteiger partial charge < -0.3 is 4.74 Å². The zero-order valence-corrected chi connectivity index (χ0v) is 12.6. The molecule has 1 aromatic rings. The first-order valence-corrected chi connectivity index (χ1v) is 8.08. The van der Waals surface area contributed by atoms with Crippen molar-refractivity contribution in [3.8, 4) is 0 Å². The molecule has 2 rings (SSSR count). The molecular formula is C13H15NO4S2. The molecule has 20 heavy (non-hydrogen) atoms. The van der Waals surface area contributed by atoms with Crippen LogP contribution >= 0.6 is 23.1 Å². The van der Waals surface area contributed by atoms with Crippen molar-refractivity contribution < 1.29 is 19.1 Å². The Labute approximate surface area is 125 Å². The number of hydrogen-bond donors (Lipinski definition) is 1. The predicted molar refractivity (Wildman–Crippen MR) is 77.5 cm³/mol. The Morgan fingerprint density at radius 3 is 2.85 bits per heavy atom. The maximum atomic E-state index is 12.3. The SMILES string of the molecule is CC(=O)SCC(=O)OC(=O)[C@]1(c2cccs2)CCCN1. The fourth-order valence-corrected chi connectivity index (χ4v) is 3.43. The number of hydrogen-bond acceptors (Lipinski definition) is 7. The molecule has 5 nitrogen and oxygen atoms in total. The number of rotatable bonds is 4. The maximum absolute atomic E-state index is 12.3. The Morgan fingerprint density at radius 2 is 2.30 bits per heavy atom. The van der Waals surface area contributed by atoms with Gasteiger partial charge in [-0.05, 0) is 30.8 Å². The number of esters is 2. The molecule has 1 aliphatic heterocycles. The molecule has 7 heteroatoms. The van der Waals surface area contributed by atoms with Crippen molar-refractivity contribution in [3.05, 3.63) is 22.4 Å². The molecule has 0 unspecified atom stereocenters. The van der Waals surface area contributed by atoms with Crippen LogP contribution in [0, 0.1) is 0 Å². The molecule has 1 atom stereocenters. The van der Waals surface area contributed by atoms with Crippen LogP contribution < -0.4 is 5.32 Å². The van der Waals surface area contributed by atoms with Gasteiger partial charge >= 0.3 is 11.9 Å². The third-order valence-corrected chi connectivity index (χ3v) is 4.86. The van der Waals surface area contributed by atoms with Crippen LogP contribution in [0.5, 0.6) is 0 Å². The molecule has 0 spiro atoms. The Bertz CT molecular complexity index is 506. The summed E-state index contributed by atoms with van der Waals surface area (Å²) in [6.07, 6.45) is 1.46. The van der Waals surface area contributed by atoms with Crippen molar-refractivity contribution in [1.29, 1.82) is 0 Å². The maximum Gasteiger partial charge on any atom is 0.339 e. The van der Waals surface area contributed by atoms with E-state index in [1.807, 2.05) is 17.5 Å². The Kier molecular flexibility index (Phi) is 4.95. The molecule has 0 saturated carbocycles. The molecule has 108 valence electrons. The monoisotopic (exact) mass is 313 g/mol. The smallest absolute Gasteiger partial charge is 0.339 e. The Hall–Kier alpha value is -1.18. The van der Waals surface area contributed by atoms with E-state index in [1.54, 1.807) is 0 Å². The average molecular weight is 313 g/mol. The summed E-state index contributed by atoms with van der Waals surface area (Å²) in [5, 5.41) is 4.86. The van der Waals surface area contributed by atoms with Crippen LogP contribution in [0.3, 0.4) is 0 Å². The van der Waals surface area contributed by atoms with Crippen molar-refractivity contribution in [1.82, 2.24) is 5.32 Å². The molecule has 1 aliphatic rings. The molecule has 0 aromatic carbocycles. The topological polar surface area (TPSA) is 72.5 Å². The third-order valence-electron chi connectivity index (χ3n) is 3.05. The molecule has 0 aliphatic carbocycles. The van der Waals surface area contributed by atoms with Gasteiger partial charge in [-0.1, -0.05) is 17.8 Å². The van der Waals surface area contributed by atoms with Crippen molar-refractivity contribution in [2.24, 2.45) is 0 Å². The van der Waals surface area contributed by atoms with Crippen LogP contribution in [0.25, 0.3) is 0 Å². The van der Waals surface area contributed by atoms with Gasteiger partial charge in [-0.25, -0.2) is 4.79 Å². The zero-order valence-electron chi connectivity index (χ0n) is 11.0. The van der Waals surface area contributed by atoms with Gasteiger partial charge in [-0.3, -0.25) is 14.9 Å². The lowest BCUT2D eigenvalue weighted by Crippen LogP contribution is -2.46. The molecular weight excluding hydrogens is 298 g/mol. The number of thiophene rings is 1. The molecule has 0 radical (unpaired) electrons. The van der Waals surface area contributed by atoms with Gasteiger partial charge in [0.15, 0.2) is 10.7 Å². The van der Waals surface area contributed by atoms with Crippen LogP contribution in [-0.4, -0.2) is 29.4 Å². The second kappa shape index (κ2) is 6.51. The molecule has 2 heterocycles. The third kappa shape index (κ3) is 3.28. The van der Waals surface area contributed by atoms with Gasteiger partial charge in [-0.2, -0.15) is 0 Å². The van der Waals surface area contributed by atoms with Gasteiger partial charge in [0.05, 0.1) is 5.75 Å². The van der Waals surface area contributed by atoms with E-state index >= 15 is 0 Å². The van der Waals surface area contributed by atoms with Crippen molar-refractivity contribution in [3.63, 3.8) is 0 Å². The lowest BCUT2D eigenvalue weighted by atomic mass is 9.95. The minimum atomic E-state index is -0.912. The first kappa shape index (κ1) is 15.2. The zero-order chi connectivity index (χ0) is 14.6. The lowest BCUT2D eigenvalue weighted by molar-refractivity contribution is -0.162. The summed E-state index contributed by atoms with van der Waals surface area (Å²) in [7, 11) is 0. The van der Waals surface area contributed by atoms with Gasteiger partial charge in [-0.15, -0.1) is 11.3 Å². The summed E-state index contributed by atoms with van der Waals surface area (Å²) >= 11 is 2.30. The van der Waals surface area contributed by atoms with E-state index in [9.17, 15) is 14.4 Å². The average Bonchev–Trinajstić information content (AvgIpc) is 3.07. The quantitative estimate of drug-likeness (QED) is 0.673. The van der Waals surface area contributed by atoms with Crippen LogP contribution in [-0.2, 0) is 24.7 Å². The van der Waals surface area contributed by atoms with Crippen molar-refractivity contribution in [2.45, 2.75) is 25.3 Å². The summed E-state index contributed by atoms with van der Waals surface area (Å²) in [6, 6.07) is 3.72. The molecule has 0 amide bonds. The van der Waals surface area contributed by atoms with Crippen LogP contribution in [0.2, 0.25) is 0 Å². The van der Waals surface area contributed by atoms with Crippen LogP contribution in [0.15, 0.2) is 17.5 Å². The minimum absolute atomic E-state index is 0.137. The summed E-state index contributed by atoms with van der Waals surface area (Å²) in [4.78, 5) is 35.6. The summed E-state index contributed by atoms with van der Waals surface area (Å²) in [5.74, 6) is -1.40. The molecule has 1 aromatic heterocycles. The van der Waals surface area contributed by atoms with Gasteiger partial charge in [0.2, 0.25) is 0 Å². The predicted octanol–water partition coefficient (Wildman–Crippen LogP) is 1.68. The van der Waals surface area contributed by atoms with Crippen LogP contribution in [0.1, 0.15) is 24.6 Å². The number of carbonyl (C=O) groups excluding carboxylic acids is 3. The van der Waals surface area contributed by atoms with E-state index in [2.05, 4.69) is 5.32 Å². The molecule has 1 fully saturated rings. The Balaban J connectivity index is 2.05. The van der Waals surface area contributed by atoms with E-state index in [1.165, 1.54) is 18.3 Å². The van der Waals surface area contributed by atoms with E-state index in [0.717, 1.165) is 23.1 Å². The molecule has 0 bridgehead atoms. The number of ether oxygens (including phenoxy) is 1.